The lowest BCUT2D eigenvalue weighted by Gasteiger charge is -2.18. The lowest BCUT2D eigenvalue weighted by atomic mass is 10.1. The summed E-state index contributed by atoms with van der Waals surface area (Å²) in [6.45, 7) is 6.60. The van der Waals surface area contributed by atoms with Crippen molar-refractivity contribution < 1.29 is 28.6 Å². The molecule has 400 valence electrons. The third-order valence-electron chi connectivity index (χ3n) is 13.0. The van der Waals surface area contributed by atoms with E-state index in [9.17, 15) is 14.4 Å². The molecule has 0 spiro atoms. The van der Waals surface area contributed by atoms with Gasteiger partial charge in [-0.2, -0.15) is 0 Å². The largest absolute Gasteiger partial charge is 0.462 e. The summed E-state index contributed by atoms with van der Waals surface area (Å²) < 4.78 is 16.9. The molecule has 0 aromatic rings. The van der Waals surface area contributed by atoms with E-state index in [4.69, 9.17) is 14.2 Å². The molecule has 0 saturated carbocycles. The molecule has 0 heterocycles. The summed E-state index contributed by atoms with van der Waals surface area (Å²) in [7, 11) is 0. The quantitative estimate of drug-likeness (QED) is 0.0262. The maximum absolute atomic E-state index is 12.9. The van der Waals surface area contributed by atoms with Crippen LogP contribution >= 0.6 is 0 Å². The van der Waals surface area contributed by atoms with Gasteiger partial charge in [0.25, 0.3) is 0 Å². The molecule has 0 aliphatic rings. The molecule has 0 aromatic heterocycles. The highest BCUT2D eigenvalue weighted by Crippen LogP contribution is 2.15. The summed E-state index contributed by atoms with van der Waals surface area (Å²) >= 11 is 0. The topological polar surface area (TPSA) is 78.9 Å². The lowest BCUT2D eigenvalue weighted by Crippen LogP contribution is -2.30. The fourth-order valence-corrected chi connectivity index (χ4v) is 8.44. The predicted molar refractivity (Wildman–Crippen MR) is 298 cm³/mol. The van der Waals surface area contributed by atoms with Crippen molar-refractivity contribution in [1.82, 2.24) is 0 Å². The van der Waals surface area contributed by atoms with Gasteiger partial charge in [-0.1, -0.05) is 236 Å². The fourth-order valence-electron chi connectivity index (χ4n) is 8.44. The van der Waals surface area contributed by atoms with E-state index in [1.807, 2.05) is 0 Å². The molecule has 6 heteroatoms. The van der Waals surface area contributed by atoms with Crippen molar-refractivity contribution in [2.75, 3.05) is 13.2 Å². The van der Waals surface area contributed by atoms with E-state index in [1.165, 1.54) is 173 Å². The highest BCUT2D eigenvalue weighted by atomic mass is 16.6. The summed E-state index contributed by atoms with van der Waals surface area (Å²) in [4.78, 5) is 38.2. The van der Waals surface area contributed by atoms with Crippen LogP contribution in [0.4, 0.5) is 0 Å². The number of unbranched alkanes of at least 4 members (excludes halogenated alkanes) is 33. The van der Waals surface area contributed by atoms with E-state index in [0.717, 1.165) is 89.9 Å². The molecule has 0 unspecified atom stereocenters. The van der Waals surface area contributed by atoms with Crippen LogP contribution in [0, 0.1) is 0 Å². The number of ether oxygens (including phenoxy) is 3. The SMILES string of the molecule is CCCCC/C=C\C/C=C\C/C=C\CCCCCCC(=O)O[C@@H](COC(=O)CCCCCCC/C=C\CCCCCCCC)COC(=O)CCCCCCCCCCC/C=C\CCCCCCCC. The smallest absolute Gasteiger partial charge is 0.306 e. The van der Waals surface area contributed by atoms with Gasteiger partial charge in [0.05, 0.1) is 0 Å². The molecule has 0 aliphatic heterocycles. The number of esters is 3. The average Bonchev–Trinajstić information content (AvgIpc) is 3.35. The van der Waals surface area contributed by atoms with Gasteiger partial charge in [-0.25, -0.2) is 0 Å². The molecule has 0 N–H and O–H groups in total. The Labute approximate surface area is 428 Å². The van der Waals surface area contributed by atoms with E-state index < -0.39 is 6.10 Å². The molecule has 0 rings (SSSR count). The van der Waals surface area contributed by atoms with Crippen molar-refractivity contribution in [2.24, 2.45) is 0 Å². The molecular weight excluding hydrogens is 853 g/mol. The van der Waals surface area contributed by atoms with Gasteiger partial charge in [0.1, 0.15) is 13.2 Å². The molecular formula is C63H112O6. The predicted octanol–water partition coefficient (Wildman–Crippen LogP) is 20.0. The van der Waals surface area contributed by atoms with Crippen molar-refractivity contribution in [2.45, 2.75) is 309 Å². The van der Waals surface area contributed by atoms with E-state index in [2.05, 4.69) is 81.5 Å². The summed E-state index contributed by atoms with van der Waals surface area (Å²) in [6, 6.07) is 0. The maximum atomic E-state index is 12.9. The molecule has 0 saturated heterocycles. The first-order valence-corrected chi connectivity index (χ1v) is 29.8. The Morgan fingerprint density at radius 3 is 0.855 bits per heavy atom. The lowest BCUT2D eigenvalue weighted by molar-refractivity contribution is -0.167. The molecule has 0 aliphatic carbocycles. The van der Waals surface area contributed by atoms with Gasteiger partial charge >= 0.3 is 17.9 Å². The number of allylic oxidation sites excluding steroid dienone is 10. The van der Waals surface area contributed by atoms with Crippen LogP contribution < -0.4 is 0 Å². The van der Waals surface area contributed by atoms with Gasteiger partial charge < -0.3 is 14.2 Å². The fraction of sp³-hybridized carbons (Fsp3) is 0.794. The van der Waals surface area contributed by atoms with Crippen LogP contribution in [-0.2, 0) is 28.6 Å². The van der Waals surface area contributed by atoms with Crippen LogP contribution in [0.3, 0.4) is 0 Å². The van der Waals surface area contributed by atoms with Crippen LogP contribution in [0.25, 0.3) is 0 Å². The Bertz CT molecular complexity index is 1250. The normalized spacial score (nSPS) is 12.4. The van der Waals surface area contributed by atoms with Crippen molar-refractivity contribution in [3.8, 4) is 0 Å². The molecule has 0 fully saturated rings. The van der Waals surface area contributed by atoms with E-state index in [0.29, 0.717) is 19.3 Å². The zero-order valence-corrected chi connectivity index (χ0v) is 45.8. The highest BCUT2D eigenvalue weighted by Gasteiger charge is 2.19. The van der Waals surface area contributed by atoms with Gasteiger partial charge in [0.15, 0.2) is 6.10 Å². The first-order chi connectivity index (χ1) is 34.0. The highest BCUT2D eigenvalue weighted by molar-refractivity contribution is 5.71. The van der Waals surface area contributed by atoms with Crippen LogP contribution in [0.5, 0.6) is 0 Å². The van der Waals surface area contributed by atoms with Gasteiger partial charge in [-0.15, -0.1) is 0 Å². The Morgan fingerprint density at radius 2 is 0.522 bits per heavy atom. The van der Waals surface area contributed by atoms with Gasteiger partial charge in [0, 0.05) is 19.3 Å². The van der Waals surface area contributed by atoms with Gasteiger partial charge in [-0.05, 0) is 109 Å². The summed E-state index contributed by atoms with van der Waals surface area (Å²) in [6.07, 6.45) is 72.1. The average molecular weight is 966 g/mol. The van der Waals surface area contributed by atoms with Crippen LogP contribution in [0.2, 0.25) is 0 Å². The van der Waals surface area contributed by atoms with Crippen molar-refractivity contribution >= 4 is 17.9 Å². The first kappa shape index (κ1) is 66.1. The Kier molecular flexibility index (Phi) is 55.3. The Hall–Kier alpha value is -2.89. The number of rotatable bonds is 54. The second-order valence-electron chi connectivity index (χ2n) is 19.9. The van der Waals surface area contributed by atoms with E-state index in [-0.39, 0.29) is 31.1 Å². The number of carbonyl (C=O) groups is 3. The number of hydrogen-bond acceptors (Lipinski definition) is 6. The van der Waals surface area contributed by atoms with Gasteiger partial charge in [0.2, 0.25) is 0 Å². The van der Waals surface area contributed by atoms with Crippen LogP contribution in [-0.4, -0.2) is 37.2 Å². The van der Waals surface area contributed by atoms with Crippen molar-refractivity contribution in [3.63, 3.8) is 0 Å². The number of carbonyl (C=O) groups excluding carboxylic acids is 3. The first-order valence-electron chi connectivity index (χ1n) is 29.8. The maximum Gasteiger partial charge on any atom is 0.306 e. The summed E-state index contributed by atoms with van der Waals surface area (Å²) in [5.41, 5.74) is 0. The van der Waals surface area contributed by atoms with E-state index >= 15 is 0 Å². The zero-order valence-electron chi connectivity index (χ0n) is 45.8. The third-order valence-corrected chi connectivity index (χ3v) is 13.0. The minimum absolute atomic E-state index is 0.0859. The molecule has 1 atom stereocenters. The van der Waals surface area contributed by atoms with Gasteiger partial charge in [-0.3, -0.25) is 14.4 Å². The molecule has 69 heavy (non-hydrogen) atoms. The van der Waals surface area contributed by atoms with Crippen molar-refractivity contribution in [1.29, 1.82) is 0 Å². The molecule has 0 bridgehead atoms. The standard InChI is InChI=1S/C63H112O6/c1-4-7-10-13-16-19-22-25-28-30-31-33-35-38-41-44-47-50-53-56-62(65)68-59-60(58-67-61(64)55-52-49-46-43-40-37-34-27-24-21-18-15-12-9-6-3)69-63(66)57-54-51-48-45-42-39-36-32-29-26-23-20-17-14-11-8-5-2/h17,20,25-29,34,36,39,60H,4-16,18-19,21-24,30-33,35,37-38,40-59H2,1-3H3/b20-17-,28-25-,29-26-,34-27-,39-36-/t60-/m0/s1. The van der Waals surface area contributed by atoms with Crippen LogP contribution in [0.15, 0.2) is 60.8 Å². The molecule has 6 nitrogen and oxygen atoms in total. The molecule has 0 radical (unpaired) electrons. The second kappa shape index (κ2) is 57.7. The minimum Gasteiger partial charge on any atom is -0.462 e. The Balaban J connectivity index is 4.41. The molecule has 0 amide bonds. The van der Waals surface area contributed by atoms with Crippen molar-refractivity contribution in [3.05, 3.63) is 60.8 Å². The minimum atomic E-state index is -0.790. The zero-order chi connectivity index (χ0) is 50.0. The molecule has 0 aromatic carbocycles. The van der Waals surface area contributed by atoms with E-state index in [1.54, 1.807) is 0 Å². The third kappa shape index (κ3) is 55.9. The Morgan fingerprint density at radius 1 is 0.290 bits per heavy atom. The monoisotopic (exact) mass is 965 g/mol. The number of hydrogen-bond donors (Lipinski definition) is 0. The second-order valence-corrected chi connectivity index (χ2v) is 19.9. The summed E-state index contributed by atoms with van der Waals surface area (Å²) in [5, 5.41) is 0. The van der Waals surface area contributed by atoms with Crippen LogP contribution in [0.1, 0.15) is 303 Å². The summed E-state index contributed by atoms with van der Waals surface area (Å²) in [5.74, 6) is -0.906.